The lowest BCUT2D eigenvalue weighted by Crippen LogP contribution is -2.41. The maximum atomic E-state index is 12.8. The molecule has 4 rings (SSSR count). The van der Waals surface area contributed by atoms with Crippen LogP contribution >= 0.6 is 11.3 Å². The average Bonchev–Trinajstić information content (AvgIpc) is 3.18. The fraction of sp³-hybridized carbons (Fsp3) is 0.571. The van der Waals surface area contributed by atoms with E-state index in [1.54, 1.807) is 22.4 Å². The number of hydrogen-bond acceptors (Lipinski definition) is 7. The summed E-state index contributed by atoms with van der Waals surface area (Å²) >= 11 is 1.57. The number of morpholine rings is 1. The second-order valence-electron chi connectivity index (χ2n) is 7.85. The Kier molecular flexibility index (Phi) is 6.38. The van der Waals surface area contributed by atoms with Gasteiger partial charge in [0.25, 0.3) is 5.91 Å². The van der Waals surface area contributed by atoms with Gasteiger partial charge in [0, 0.05) is 43.7 Å². The van der Waals surface area contributed by atoms with Crippen LogP contribution in [0.15, 0.2) is 11.6 Å². The summed E-state index contributed by atoms with van der Waals surface area (Å²) < 4.78 is 5.32. The summed E-state index contributed by atoms with van der Waals surface area (Å²) in [6.45, 7) is 7.49. The first-order chi connectivity index (χ1) is 14.5. The largest absolute Gasteiger partial charge is 0.378 e. The molecule has 0 unspecified atom stereocenters. The predicted octanol–water partition coefficient (Wildman–Crippen LogP) is 1.97. The lowest BCUT2D eigenvalue weighted by molar-refractivity contribution is -0.131. The van der Waals surface area contributed by atoms with Crippen molar-refractivity contribution in [1.82, 2.24) is 24.8 Å². The van der Waals surface area contributed by atoms with Crippen molar-refractivity contribution in [1.29, 1.82) is 0 Å². The van der Waals surface area contributed by atoms with Gasteiger partial charge in [0.1, 0.15) is 5.82 Å². The Labute approximate surface area is 180 Å². The Morgan fingerprint density at radius 3 is 2.67 bits per heavy atom. The zero-order valence-corrected chi connectivity index (χ0v) is 18.3. The molecule has 1 atom stereocenters. The van der Waals surface area contributed by atoms with Gasteiger partial charge in [-0.2, -0.15) is 0 Å². The SMILES string of the molecule is Cc1nc(CC(=O)N2CCC[C@H](c3ncc(C(=O)N4CCOCC4)c(C)n3)C2)cs1. The van der Waals surface area contributed by atoms with E-state index in [0.717, 1.165) is 30.1 Å². The quantitative estimate of drug-likeness (QED) is 0.738. The molecule has 2 aliphatic heterocycles. The van der Waals surface area contributed by atoms with Crippen LogP contribution in [0.2, 0.25) is 0 Å². The molecule has 0 radical (unpaired) electrons. The molecule has 30 heavy (non-hydrogen) atoms. The fourth-order valence-corrected chi connectivity index (χ4v) is 4.61. The van der Waals surface area contributed by atoms with Gasteiger partial charge in [0.15, 0.2) is 0 Å². The first kappa shape index (κ1) is 20.9. The second kappa shape index (κ2) is 9.18. The highest BCUT2D eigenvalue weighted by Crippen LogP contribution is 2.26. The monoisotopic (exact) mass is 429 g/mol. The van der Waals surface area contributed by atoms with Gasteiger partial charge in [0.2, 0.25) is 5.91 Å². The molecule has 160 valence electrons. The highest BCUT2D eigenvalue weighted by molar-refractivity contribution is 7.09. The van der Waals surface area contributed by atoms with Crippen LogP contribution in [0.5, 0.6) is 0 Å². The average molecular weight is 430 g/mol. The summed E-state index contributed by atoms with van der Waals surface area (Å²) in [5.41, 5.74) is 2.07. The molecule has 9 heteroatoms. The molecule has 0 saturated carbocycles. The second-order valence-corrected chi connectivity index (χ2v) is 8.91. The molecular weight excluding hydrogens is 402 g/mol. The minimum Gasteiger partial charge on any atom is -0.378 e. The molecule has 2 aliphatic rings. The van der Waals surface area contributed by atoms with Crippen LogP contribution in [0.3, 0.4) is 0 Å². The number of thiazole rings is 1. The Bertz CT molecular complexity index is 925. The Morgan fingerprint density at radius 2 is 1.97 bits per heavy atom. The van der Waals surface area contributed by atoms with E-state index in [2.05, 4.69) is 15.0 Å². The molecule has 0 spiro atoms. The molecule has 2 aromatic rings. The molecule has 2 fully saturated rings. The van der Waals surface area contributed by atoms with Gasteiger partial charge < -0.3 is 14.5 Å². The van der Waals surface area contributed by atoms with Gasteiger partial charge in [-0.25, -0.2) is 15.0 Å². The number of aryl methyl sites for hydroxylation is 2. The van der Waals surface area contributed by atoms with Crippen LogP contribution < -0.4 is 0 Å². The van der Waals surface area contributed by atoms with E-state index in [0.29, 0.717) is 56.4 Å². The van der Waals surface area contributed by atoms with Crippen LogP contribution in [-0.2, 0) is 16.0 Å². The van der Waals surface area contributed by atoms with Crippen molar-refractivity contribution in [3.63, 3.8) is 0 Å². The molecular formula is C21H27N5O3S. The number of rotatable bonds is 4. The van der Waals surface area contributed by atoms with E-state index in [1.807, 2.05) is 24.1 Å². The number of piperidine rings is 1. The summed E-state index contributed by atoms with van der Waals surface area (Å²) in [4.78, 5) is 42.7. The maximum absolute atomic E-state index is 12.8. The predicted molar refractivity (Wildman–Crippen MR) is 113 cm³/mol. The molecule has 2 amide bonds. The third kappa shape index (κ3) is 4.67. The van der Waals surface area contributed by atoms with Gasteiger partial charge in [-0.3, -0.25) is 9.59 Å². The van der Waals surface area contributed by atoms with Gasteiger partial charge in [-0.15, -0.1) is 11.3 Å². The number of ether oxygens (including phenoxy) is 1. The van der Waals surface area contributed by atoms with Gasteiger partial charge in [0.05, 0.1) is 41.6 Å². The van der Waals surface area contributed by atoms with Gasteiger partial charge >= 0.3 is 0 Å². The molecule has 0 N–H and O–H groups in total. The molecule has 2 saturated heterocycles. The third-order valence-electron chi connectivity index (χ3n) is 5.66. The van der Waals surface area contributed by atoms with Crippen molar-refractivity contribution in [2.45, 2.75) is 39.0 Å². The zero-order chi connectivity index (χ0) is 21.1. The highest BCUT2D eigenvalue weighted by atomic mass is 32.1. The van der Waals surface area contributed by atoms with Crippen molar-refractivity contribution >= 4 is 23.2 Å². The smallest absolute Gasteiger partial charge is 0.257 e. The first-order valence-corrected chi connectivity index (χ1v) is 11.3. The molecule has 4 heterocycles. The van der Waals surface area contributed by atoms with Gasteiger partial charge in [-0.1, -0.05) is 0 Å². The van der Waals surface area contributed by atoms with E-state index in [9.17, 15) is 9.59 Å². The first-order valence-electron chi connectivity index (χ1n) is 10.4. The van der Waals surface area contributed by atoms with Crippen LogP contribution in [0.1, 0.15) is 51.3 Å². The van der Waals surface area contributed by atoms with Crippen LogP contribution in [0.25, 0.3) is 0 Å². The standard InChI is InChI=1S/C21H27N5O3S/c1-14-18(21(28)25-6-8-29-9-7-25)11-22-20(23-14)16-4-3-5-26(12-16)19(27)10-17-13-30-15(2)24-17/h11,13,16H,3-10,12H2,1-2H3/t16-/m0/s1. The zero-order valence-electron chi connectivity index (χ0n) is 17.5. The summed E-state index contributed by atoms with van der Waals surface area (Å²) in [5.74, 6) is 0.862. The number of carbonyl (C=O) groups excluding carboxylic acids is 2. The highest BCUT2D eigenvalue weighted by Gasteiger charge is 2.28. The number of nitrogens with zero attached hydrogens (tertiary/aromatic N) is 5. The van der Waals surface area contributed by atoms with Crippen molar-refractivity contribution in [2.75, 3.05) is 39.4 Å². The summed E-state index contributed by atoms with van der Waals surface area (Å²) in [6, 6.07) is 0. The minimum atomic E-state index is -0.0404. The summed E-state index contributed by atoms with van der Waals surface area (Å²) in [6.07, 6.45) is 3.84. The number of aromatic nitrogens is 3. The molecule has 8 nitrogen and oxygen atoms in total. The van der Waals surface area contributed by atoms with Gasteiger partial charge in [-0.05, 0) is 26.7 Å². The number of amides is 2. The lowest BCUT2D eigenvalue weighted by Gasteiger charge is -2.32. The van der Waals surface area contributed by atoms with Crippen LogP contribution in [0.4, 0.5) is 0 Å². The molecule has 2 aromatic heterocycles. The van der Waals surface area contributed by atoms with E-state index in [1.165, 1.54) is 0 Å². The van der Waals surface area contributed by atoms with Crippen molar-refractivity contribution in [2.24, 2.45) is 0 Å². The van der Waals surface area contributed by atoms with Crippen molar-refractivity contribution in [3.8, 4) is 0 Å². The van der Waals surface area contributed by atoms with Crippen LogP contribution in [-0.4, -0.2) is 76.0 Å². The van der Waals surface area contributed by atoms with Crippen molar-refractivity contribution in [3.05, 3.63) is 39.4 Å². The van der Waals surface area contributed by atoms with E-state index in [-0.39, 0.29) is 17.7 Å². The fourth-order valence-electron chi connectivity index (χ4n) is 4.00. The van der Waals surface area contributed by atoms with E-state index in [4.69, 9.17) is 4.74 Å². The number of likely N-dealkylation sites (tertiary alicyclic amines) is 1. The van der Waals surface area contributed by atoms with Crippen LogP contribution in [0, 0.1) is 13.8 Å². The molecule has 0 bridgehead atoms. The molecule has 0 aromatic carbocycles. The lowest BCUT2D eigenvalue weighted by atomic mass is 9.96. The summed E-state index contributed by atoms with van der Waals surface area (Å²) in [5, 5.41) is 2.93. The van der Waals surface area contributed by atoms with E-state index < -0.39 is 0 Å². The normalized spacial score (nSPS) is 19.7. The van der Waals surface area contributed by atoms with E-state index >= 15 is 0 Å². The maximum Gasteiger partial charge on any atom is 0.257 e. The third-order valence-corrected chi connectivity index (χ3v) is 6.49. The number of carbonyl (C=O) groups is 2. The number of hydrogen-bond donors (Lipinski definition) is 0. The Balaban J connectivity index is 1.42. The topological polar surface area (TPSA) is 88.5 Å². The minimum absolute atomic E-state index is 0.0404. The summed E-state index contributed by atoms with van der Waals surface area (Å²) in [7, 11) is 0. The Morgan fingerprint density at radius 1 is 1.17 bits per heavy atom. The Hall–Kier alpha value is -2.39. The molecule has 0 aliphatic carbocycles. The van der Waals surface area contributed by atoms with Crippen molar-refractivity contribution < 1.29 is 14.3 Å².